The van der Waals surface area contributed by atoms with Crippen LogP contribution in [0.1, 0.15) is 50.5 Å². The number of carbonyl (C=O) groups excluding carboxylic acids is 4. The van der Waals surface area contributed by atoms with Gasteiger partial charge in [0.2, 0.25) is 23.6 Å². The molecule has 15 nitrogen and oxygen atoms in total. The Bertz CT molecular complexity index is 1030. The molecule has 12 N–H and O–H groups in total. The van der Waals surface area contributed by atoms with E-state index in [9.17, 15) is 39.0 Å². The van der Waals surface area contributed by atoms with Crippen LogP contribution in [0.25, 0.3) is 0 Å². The number of primary amides is 1. The minimum absolute atomic E-state index is 0.0296. The summed E-state index contributed by atoms with van der Waals surface area (Å²) in [5.74, 6) is -5.80. The number of unbranched alkanes of at least 4 members (excludes halogenated alkanes) is 1. The van der Waals surface area contributed by atoms with Gasteiger partial charge in [0.15, 0.2) is 0 Å². The number of benzene rings is 1. The number of aromatic hydroxyl groups is 1. The number of nitrogens with one attached hydrogen (secondary N) is 3. The fourth-order valence-electron chi connectivity index (χ4n) is 3.62. The molecule has 15 heteroatoms. The van der Waals surface area contributed by atoms with Gasteiger partial charge in [-0.25, -0.2) is 4.79 Å². The second-order valence-electron chi connectivity index (χ2n) is 9.22. The Balaban J connectivity index is 3.04. The van der Waals surface area contributed by atoms with Gasteiger partial charge in [0.05, 0.1) is 6.04 Å². The predicted molar refractivity (Wildman–Crippen MR) is 141 cm³/mol. The van der Waals surface area contributed by atoms with Crippen LogP contribution in [-0.4, -0.2) is 81.6 Å². The van der Waals surface area contributed by atoms with Gasteiger partial charge >= 0.3 is 11.9 Å². The quantitative estimate of drug-likeness (QED) is 0.0830. The molecular weight excluding hydrogens is 528 g/mol. The number of carboxylic acid groups (broad SMARTS) is 2. The molecule has 0 aliphatic carbocycles. The molecule has 1 aromatic carbocycles. The van der Waals surface area contributed by atoms with Crippen LogP contribution in [0.15, 0.2) is 24.3 Å². The van der Waals surface area contributed by atoms with Crippen molar-refractivity contribution in [2.45, 2.75) is 75.5 Å². The lowest BCUT2D eigenvalue weighted by atomic mass is 10.0. The first kappa shape index (κ1) is 33.8. The molecule has 4 amide bonds. The van der Waals surface area contributed by atoms with E-state index in [-0.39, 0.29) is 37.9 Å². The number of hydrogen-bond donors (Lipinski definition) is 9. The number of amides is 4. The molecular formula is C25H38N6O9. The summed E-state index contributed by atoms with van der Waals surface area (Å²) >= 11 is 0. The first-order valence-electron chi connectivity index (χ1n) is 12.7. The van der Waals surface area contributed by atoms with Gasteiger partial charge in [0, 0.05) is 19.3 Å². The molecule has 40 heavy (non-hydrogen) atoms. The van der Waals surface area contributed by atoms with E-state index in [1.54, 1.807) is 0 Å². The molecule has 4 atom stereocenters. The van der Waals surface area contributed by atoms with Crippen LogP contribution in [0.5, 0.6) is 5.75 Å². The van der Waals surface area contributed by atoms with Crippen molar-refractivity contribution >= 4 is 35.6 Å². The van der Waals surface area contributed by atoms with Crippen LogP contribution < -0.4 is 33.2 Å². The van der Waals surface area contributed by atoms with E-state index in [0.29, 0.717) is 24.9 Å². The van der Waals surface area contributed by atoms with Crippen molar-refractivity contribution in [3.05, 3.63) is 29.8 Å². The number of hydrogen-bond acceptors (Lipinski definition) is 9. The Labute approximate surface area is 230 Å². The second kappa shape index (κ2) is 17.4. The van der Waals surface area contributed by atoms with Crippen molar-refractivity contribution in [1.82, 2.24) is 16.0 Å². The van der Waals surface area contributed by atoms with Crippen molar-refractivity contribution < 1.29 is 44.1 Å². The van der Waals surface area contributed by atoms with Crippen LogP contribution in [-0.2, 0) is 35.2 Å². The summed E-state index contributed by atoms with van der Waals surface area (Å²) in [6, 6.07) is 0.474. The molecule has 222 valence electrons. The Morgan fingerprint density at radius 2 is 1.30 bits per heavy atom. The van der Waals surface area contributed by atoms with Crippen molar-refractivity contribution in [1.29, 1.82) is 0 Å². The Hall–Kier alpha value is -4.24. The lowest BCUT2D eigenvalue weighted by molar-refractivity contribution is -0.143. The van der Waals surface area contributed by atoms with Gasteiger partial charge in [0.1, 0.15) is 23.9 Å². The average molecular weight is 567 g/mol. The molecule has 4 unspecified atom stereocenters. The van der Waals surface area contributed by atoms with E-state index in [1.165, 1.54) is 24.3 Å². The highest BCUT2D eigenvalue weighted by Gasteiger charge is 2.30. The zero-order valence-electron chi connectivity index (χ0n) is 22.0. The summed E-state index contributed by atoms with van der Waals surface area (Å²) in [7, 11) is 0. The number of aliphatic carboxylic acids is 2. The zero-order chi connectivity index (χ0) is 30.2. The molecule has 1 aromatic rings. The molecule has 0 saturated heterocycles. The third-order valence-corrected chi connectivity index (χ3v) is 5.89. The van der Waals surface area contributed by atoms with Gasteiger partial charge in [-0.05, 0) is 56.3 Å². The molecule has 0 spiro atoms. The second-order valence-corrected chi connectivity index (χ2v) is 9.22. The molecule has 0 fully saturated rings. The monoisotopic (exact) mass is 566 g/mol. The summed E-state index contributed by atoms with van der Waals surface area (Å²) in [4.78, 5) is 72.6. The molecule has 0 heterocycles. The molecule has 0 bridgehead atoms. The first-order chi connectivity index (χ1) is 18.8. The van der Waals surface area contributed by atoms with Gasteiger partial charge in [-0.1, -0.05) is 12.1 Å². The van der Waals surface area contributed by atoms with Gasteiger partial charge in [-0.2, -0.15) is 0 Å². The van der Waals surface area contributed by atoms with Crippen molar-refractivity contribution in [3.8, 4) is 5.75 Å². The fourth-order valence-corrected chi connectivity index (χ4v) is 3.62. The molecule has 0 aliphatic heterocycles. The van der Waals surface area contributed by atoms with Crippen LogP contribution in [0.4, 0.5) is 0 Å². The highest BCUT2D eigenvalue weighted by atomic mass is 16.4. The van der Waals surface area contributed by atoms with E-state index in [1.807, 2.05) is 0 Å². The third-order valence-electron chi connectivity index (χ3n) is 5.89. The maximum Gasteiger partial charge on any atom is 0.326 e. The van der Waals surface area contributed by atoms with Crippen molar-refractivity contribution in [2.24, 2.45) is 17.2 Å². The summed E-state index contributed by atoms with van der Waals surface area (Å²) in [5, 5.41) is 35.3. The number of carboxylic acids is 2. The predicted octanol–water partition coefficient (Wildman–Crippen LogP) is -1.94. The van der Waals surface area contributed by atoms with Crippen molar-refractivity contribution in [2.75, 3.05) is 6.54 Å². The lowest BCUT2D eigenvalue weighted by Crippen LogP contribution is -2.57. The summed E-state index contributed by atoms with van der Waals surface area (Å²) in [6.07, 6.45) is -0.176. The van der Waals surface area contributed by atoms with Crippen LogP contribution >= 0.6 is 0 Å². The largest absolute Gasteiger partial charge is 0.508 e. The number of phenols is 1. The minimum Gasteiger partial charge on any atom is -0.508 e. The molecule has 0 aliphatic rings. The summed E-state index contributed by atoms with van der Waals surface area (Å²) in [6.45, 7) is 0.321. The maximum atomic E-state index is 13.1. The maximum absolute atomic E-state index is 13.1. The van der Waals surface area contributed by atoms with E-state index in [2.05, 4.69) is 16.0 Å². The van der Waals surface area contributed by atoms with E-state index in [4.69, 9.17) is 22.3 Å². The van der Waals surface area contributed by atoms with E-state index in [0.717, 1.165) is 0 Å². The molecule has 0 aromatic heterocycles. The normalized spacial score (nSPS) is 13.8. The number of carbonyl (C=O) groups is 6. The molecule has 1 rings (SSSR count). The third kappa shape index (κ3) is 13.0. The van der Waals surface area contributed by atoms with Gasteiger partial charge in [-0.3, -0.25) is 24.0 Å². The topological polar surface area (TPSA) is 277 Å². The number of rotatable bonds is 19. The first-order valence-corrected chi connectivity index (χ1v) is 12.7. The lowest BCUT2D eigenvalue weighted by Gasteiger charge is -2.25. The highest BCUT2D eigenvalue weighted by molar-refractivity contribution is 5.94. The minimum atomic E-state index is -1.44. The van der Waals surface area contributed by atoms with E-state index >= 15 is 0 Å². The van der Waals surface area contributed by atoms with Crippen LogP contribution in [0, 0.1) is 0 Å². The standard InChI is InChI=1S/C25H38N6O9/c26-12-2-1-3-17(29-22(36)16(27)8-10-20(28)33)23(37)30-18(9-11-21(34)35)24(38)31-19(25(39)40)13-14-4-6-15(32)7-5-14/h4-7,16-19,32H,1-3,8-13,26-27H2,(H2,28,33)(H,29,36)(H,30,37)(H,31,38)(H,34,35)(H,39,40). The van der Waals surface area contributed by atoms with Gasteiger partial charge < -0.3 is 48.5 Å². The van der Waals surface area contributed by atoms with Crippen molar-refractivity contribution in [3.63, 3.8) is 0 Å². The SMILES string of the molecule is NCCCCC(NC(=O)C(N)CCC(N)=O)C(=O)NC(CCC(=O)O)C(=O)NC(Cc1ccc(O)cc1)C(=O)O. The average Bonchev–Trinajstić information content (AvgIpc) is 2.89. The van der Waals surface area contributed by atoms with Crippen LogP contribution in [0.2, 0.25) is 0 Å². The summed E-state index contributed by atoms with van der Waals surface area (Å²) < 4.78 is 0. The highest BCUT2D eigenvalue weighted by Crippen LogP contribution is 2.12. The summed E-state index contributed by atoms with van der Waals surface area (Å²) in [5.41, 5.74) is 16.9. The molecule has 0 radical (unpaired) electrons. The Kier molecular flexibility index (Phi) is 14.7. The zero-order valence-corrected chi connectivity index (χ0v) is 22.0. The fraction of sp³-hybridized carbons (Fsp3) is 0.520. The van der Waals surface area contributed by atoms with Crippen LogP contribution in [0.3, 0.4) is 0 Å². The Morgan fingerprint density at radius 1 is 0.750 bits per heavy atom. The van der Waals surface area contributed by atoms with E-state index < -0.39 is 66.2 Å². The molecule has 0 saturated carbocycles. The van der Waals surface area contributed by atoms with Gasteiger partial charge in [-0.15, -0.1) is 0 Å². The number of phenolic OH excluding ortho intramolecular Hbond substituents is 1. The smallest absolute Gasteiger partial charge is 0.326 e. The number of nitrogens with two attached hydrogens (primary N) is 3. The Morgan fingerprint density at radius 3 is 1.82 bits per heavy atom. The van der Waals surface area contributed by atoms with Gasteiger partial charge in [0.25, 0.3) is 0 Å².